The molecule has 0 heterocycles. The predicted molar refractivity (Wildman–Crippen MR) is 198 cm³/mol. The normalized spacial score (nSPS) is 12.2. The van der Waals surface area contributed by atoms with Crippen LogP contribution in [0.5, 0.6) is 11.5 Å². The maximum absolute atomic E-state index is 11.6. The van der Waals surface area contributed by atoms with Crippen molar-refractivity contribution in [3.8, 4) is 11.5 Å². The van der Waals surface area contributed by atoms with Gasteiger partial charge >= 0.3 is 0 Å². The number of ether oxygens (including phenoxy) is 1. The minimum absolute atomic E-state index is 0.144. The van der Waals surface area contributed by atoms with E-state index in [1.165, 1.54) is 18.2 Å². The zero-order chi connectivity index (χ0) is 36.8. The van der Waals surface area contributed by atoms with Gasteiger partial charge in [-0.15, -0.1) is 10.2 Å². The van der Waals surface area contributed by atoms with E-state index in [9.17, 15) is 18.1 Å². The van der Waals surface area contributed by atoms with E-state index >= 15 is 0 Å². The van der Waals surface area contributed by atoms with Gasteiger partial charge < -0.3 is 15.6 Å². The lowest BCUT2D eigenvalue weighted by Crippen LogP contribution is -2.03. The summed E-state index contributed by atoms with van der Waals surface area (Å²) in [5.41, 5.74) is 11.7. The molecule has 260 valence electrons. The highest BCUT2D eigenvalue weighted by molar-refractivity contribution is 7.86. The highest BCUT2D eigenvalue weighted by Gasteiger charge is 2.17. The predicted octanol–water partition coefficient (Wildman–Crippen LogP) is 11.7. The summed E-state index contributed by atoms with van der Waals surface area (Å²) in [5, 5.41) is 45.8. The lowest BCUT2D eigenvalue weighted by Gasteiger charge is -2.08. The van der Waals surface area contributed by atoms with Gasteiger partial charge in [-0.25, -0.2) is 0 Å². The number of azo groups is 4. The molecule has 0 amide bonds. The van der Waals surface area contributed by atoms with Crippen molar-refractivity contribution in [1.82, 2.24) is 0 Å². The Balaban J connectivity index is 1.12. The summed E-state index contributed by atoms with van der Waals surface area (Å²) in [4.78, 5) is -0.445. The number of phenolic OH excluding ortho intramolecular Hbond substituents is 1. The molecule has 14 nitrogen and oxygen atoms in total. The van der Waals surface area contributed by atoms with Crippen LogP contribution in [0.4, 0.5) is 51.2 Å². The van der Waals surface area contributed by atoms with Crippen LogP contribution >= 0.6 is 0 Å². The van der Waals surface area contributed by atoms with Crippen LogP contribution in [0.1, 0.15) is 11.1 Å². The van der Waals surface area contributed by atoms with E-state index in [0.717, 1.165) is 16.8 Å². The lowest BCUT2D eigenvalue weighted by atomic mass is 10.1. The molecule has 0 unspecified atom stereocenters. The van der Waals surface area contributed by atoms with Crippen molar-refractivity contribution < 1.29 is 22.8 Å². The molecule has 0 radical (unpaired) electrons. The Kier molecular flexibility index (Phi) is 10.2. The molecule has 52 heavy (non-hydrogen) atoms. The fourth-order valence-electron chi connectivity index (χ4n) is 5.03. The Hall–Kier alpha value is -6.71. The van der Waals surface area contributed by atoms with Gasteiger partial charge in [-0.1, -0.05) is 24.3 Å². The van der Waals surface area contributed by atoms with Crippen LogP contribution in [0, 0.1) is 13.8 Å². The third-order valence-corrected chi connectivity index (χ3v) is 8.66. The number of aryl methyl sites for hydroxylation is 2. The van der Waals surface area contributed by atoms with Crippen LogP contribution in [-0.4, -0.2) is 25.2 Å². The molecule has 0 saturated carbocycles. The molecule has 0 spiro atoms. The Morgan fingerprint density at radius 2 is 1.08 bits per heavy atom. The van der Waals surface area contributed by atoms with Crippen molar-refractivity contribution in [2.24, 2.45) is 40.9 Å². The minimum atomic E-state index is -4.53. The molecule has 0 bridgehead atoms. The second-order valence-electron chi connectivity index (χ2n) is 11.5. The van der Waals surface area contributed by atoms with Crippen molar-refractivity contribution in [2.45, 2.75) is 18.7 Å². The zero-order valence-electron chi connectivity index (χ0n) is 28.1. The van der Waals surface area contributed by atoms with E-state index in [0.29, 0.717) is 45.3 Å². The molecular weight excluding hydrogens is 683 g/mol. The largest absolute Gasteiger partial charge is 0.505 e. The zero-order valence-corrected chi connectivity index (χ0v) is 28.9. The number of nitrogens with zero attached hydrogens (tertiary/aromatic N) is 8. The molecule has 0 aliphatic heterocycles. The summed E-state index contributed by atoms with van der Waals surface area (Å²) in [7, 11) is -2.97. The van der Waals surface area contributed by atoms with E-state index in [-0.39, 0.29) is 22.5 Å². The summed E-state index contributed by atoms with van der Waals surface area (Å²) >= 11 is 0. The van der Waals surface area contributed by atoms with Crippen LogP contribution in [0.25, 0.3) is 10.8 Å². The molecule has 6 rings (SSSR count). The summed E-state index contributed by atoms with van der Waals surface area (Å²) in [6.45, 7) is 3.76. The number of fused-ring (bicyclic) bond motifs is 1. The SMILES string of the molecule is COc1cc(N=Nc2ccccc2)ccc1N=Nc1ccc(N=Nc2ccc(N=Nc3ccc4cc(S(=O)(=O)O)c(N)cc4c3O)cc2C)cc1C. The molecule has 0 aliphatic rings. The maximum atomic E-state index is 11.6. The van der Waals surface area contributed by atoms with Crippen LogP contribution in [-0.2, 0) is 10.1 Å². The van der Waals surface area contributed by atoms with E-state index in [2.05, 4.69) is 40.9 Å². The highest BCUT2D eigenvalue weighted by Crippen LogP contribution is 2.39. The summed E-state index contributed by atoms with van der Waals surface area (Å²) in [5.74, 6) is 0.270. The molecule has 0 aromatic heterocycles. The Bertz CT molecular complexity index is 2540. The number of methoxy groups -OCH3 is 1. The van der Waals surface area contributed by atoms with Crippen molar-refractivity contribution in [1.29, 1.82) is 0 Å². The number of anilines is 1. The third kappa shape index (κ3) is 8.18. The Morgan fingerprint density at radius 3 is 1.67 bits per heavy atom. The maximum Gasteiger partial charge on any atom is 0.296 e. The topological polar surface area (TPSA) is 209 Å². The van der Waals surface area contributed by atoms with Crippen LogP contribution < -0.4 is 10.5 Å². The number of nitrogens with two attached hydrogens (primary N) is 1. The van der Waals surface area contributed by atoms with Gasteiger partial charge in [0, 0.05) is 11.5 Å². The number of nitrogen functional groups attached to an aromatic ring is 1. The van der Waals surface area contributed by atoms with E-state index in [4.69, 9.17) is 10.5 Å². The van der Waals surface area contributed by atoms with Gasteiger partial charge in [0.25, 0.3) is 10.1 Å². The quantitative estimate of drug-likeness (QED) is 0.0713. The average molecular weight is 714 g/mol. The minimum Gasteiger partial charge on any atom is -0.505 e. The first-order chi connectivity index (χ1) is 25.0. The molecule has 0 fully saturated rings. The van der Waals surface area contributed by atoms with Crippen LogP contribution in [0.2, 0.25) is 0 Å². The smallest absolute Gasteiger partial charge is 0.296 e. The van der Waals surface area contributed by atoms with Gasteiger partial charge in [0.15, 0.2) is 5.75 Å². The van der Waals surface area contributed by atoms with E-state index in [1.807, 2.05) is 56.3 Å². The number of aromatic hydroxyl groups is 1. The summed E-state index contributed by atoms with van der Waals surface area (Å²) < 4.78 is 38.1. The van der Waals surface area contributed by atoms with Gasteiger partial charge in [-0.2, -0.15) is 39.1 Å². The van der Waals surface area contributed by atoms with Crippen molar-refractivity contribution in [3.63, 3.8) is 0 Å². The number of benzene rings is 6. The standard InChI is InChI=1S/C37H31N9O5S/c1-22-17-27(42-46-34-13-9-24-19-36(52(48,49)50)30(38)21-29(24)37(34)47)10-14-31(22)43-41-26-11-15-32(23(2)18-26)44-45-33-16-12-28(20-35(33)51-3)40-39-25-7-5-4-6-8-25/h4-21,47H,38H2,1-3H3,(H,48,49,50). The van der Waals surface area contributed by atoms with Gasteiger partial charge in [0.1, 0.15) is 22.0 Å². The molecule has 4 N–H and O–H groups in total. The van der Waals surface area contributed by atoms with Gasteiger partial charge in [-0.3, -0.25) is 4.55 Å². The van der Waals surface area contributed by atoms with Crippen molar-refractivity contribution in [2.75, 3.05) is 12.8 Å². The van der Waals surface area contributed by atoms with E-state index < -0.39 is 15.0 Å². The number of phenols is 1. The number of rotatable bonds is 10. The molecule has 0 aliphatic carbocycles. The fourth-order valence-corrected chi connectivity index (χ4v) is 5.66. The Labute approximate surface area is 298 Å². The second-order valence-corrected chi connectivity index (χ2v) is 12.8. The summed E-state index contributed by atoms with van der Waals surface area (Å²) in [6, 6.07) is 30.9. The Morgan fingerprint density at radius 1 is 0.577 bits per heavy atom. The van der Waals surface area contributed by atoms with Crippen LogP contribution in [0.15, 0.2) is 155 Å². The van der Waals surface area contributed by atoms with Crippen molar-refractivity contribution in [3.05, 3.63) is 120 Å². The van der Waals surface area contributed by atoms with Crippen molar-refractivity contribution >= 4 is 72.1 Å². The fraction of sp³-hybridized carbons (Fsp3) is 0.0811. The highest BCUT2D eigenvalue weighted by atomic mass is 32.2. The van der Waals surface area contributed by atoms with Gasteiger partial charge in [-0.05, 0) is 109 Å². The van der Waals surface area contributed by atoms with Gasteiger partial charge in [0.2, 0.25) is 0 Å². The molecular formula is C37H31N9O5S. The number of hydrogen-bond donors (Lipinski definition) is 3. The van der Waals surface area contributed by atoms with E-state index in [1.54, 1.807) is 55.6 Å². The molecule has 0 saturated heterocycles. The first-order valence-electron chi connectivity index (χ1n) is 15.6. The molecule has 6 aromatic carbocycles. The molecule has 15 heteroatoms. The first kappa shape index (κ1) is 35.1. The second kappa shape index (κ2) is 15.0. The number of hydrogen-bond acceptors (Lipinski definition) is 13. The monoisotopic (exact) mass is 713 g/mol. The first-order valence-corrected chi connectivity index (χ1v) is 17.1. The van der Waals surface area contributed by atoms with Gasteiger partial charge in [0.05, 0.1) is 46.9 Å². The average Bonchev–Trinajstić information content (AvgIpc) is 3.13. The lowest BCUT2D eigenvalue weighted by molar-refractivity contribution is 0.416. The summed E-state index contributed by atoms with van der Waals surface area (Å²) in [6.07, 6.45) is 0. The molecule has 6 aromatic rings. The third-order valence-electron chi connectivity index (χ3n) is 7.75. The van der Waals surface area contributed by atoms with Crippen LogP contribution in [0.3, 0.4) is 0 Å². The molecule has 0 atom stereocenters.